The van der Waals surface area contributed by atoms with Gasteiger partial charge in [-0.2, -0.15) is 13.2 Å². The van der Waals surface area contributed by atoms with Crippen LogP contribution in [0, 0.1) is 0 Å². The molecular formula is C5H8BF3K2O3. The number of rotatable bonds is 5. The van der Waals surface area contributed by atoms with Crippen LogP contribution in [0.4, 0.5) is 13.2 Å². The standard InChI is InChI=1S/C5H8BF3O3.2K/c7-5(8,9)3-1-2-4-12-6(10)11;;/h1-4H2;;/q-2;2*+1. The maximum Gasteiger partial charge on any atom is 1.00 e. The van der Waals surface area contributed by atoms with E-state index in [1.165, 1.54) is 0 Å². The molecule has 3 nitrogen and oxygen atoms in total. The number of alkyl halides is 3. The van der Waals surface area contributed by atoms with Gasteiger partial charge in [0, 0.05) is 13.0 Å². The van der Waals surface area contributed by atoms with E-state index >= 15 is 0 Å². The maximum absolute atomic E-state index is 11.5. The summed E-state index contributed by atoms with van der Waals surface area (Å²) < 4.78 is 38.4. The van der Waals surface area contributed by atoms with E-state index in [1.54, 1.807) is 0 Å². The van der Waals surface area contributed by atoms with E-state index in [0.29, 0.717) is 0 Å². The predicted octanol–water partition coefficient (Wildman–Crippen LogP) is -6.55. The summed E-state index contributed by atoms with van der Waals surface area (Å²) in [5.74, 6) is 0. The van der Waals surface area contributed by atoms with Crippen LogP contribution in [0.15, 0.2) is 0 Å². The van der Waals surface area contributed by atoms with Crippen molar-refractivity contribution in [2.75, 3.05) is 6.61 Å². The summed E-state index contributed by atoms with van der Waals surface area (Å²) in [5, 5.41) is 19.4. The van der Waals surface area contributed by atoms with Crippen molar-refractivity contribution in [2.24, 2.45) is 0 Å². The molecule has 0 aliphatic carbocycles. The van der Waals surface area contributed by atoms with Crippen LogP contribution in [0.3, 0.4) is 0 Å². The van der Waals surface area contributed by atoms with E-state index in [1.807, 2.05) is 0 Å². The first-order chi connectivity index (χ1) is 5.42. The zero-order chi connectivity index (χ0) is 9.61. The van der Waals surface area contributed by atoms with Crippen LogP contribution in [-0.2, 0) is 4.65 Å². The minimum absolute atomic E-state index is 0. The fourth-order valence-corrected chi connectivity index (χ4v) is 0.607. The second kappa shape index (κ2) is 12.5. The van der Waals surface area contributed by atoms with Crippen molar-refractivity contribution in [3.8, 4) is 0 Å². The molecule has 0 radical (unpaired) electrons. The Labute approximate surface area is 166 Å². The molecule has 14 heavy (non-hydrogen) atoms. The molecule has 0 aromatic heterocycles. The molecule has 0 saturated carbocycles. The van der Waals surface area contributed by atoms with E-state index in [-0.39, 0.29) is 122 Å². The molecule has 0 spiro atoms. The summed E-state index contributed by atoms with van der Waals surface area (Å²) in [4.78, 5) is 0. The van der Waals surface area contributed by atoms with E-state index in [9.17, 15) is 23.2 Å². The third-order valence-corrected chi connectivity index (χ3v) is 1.11. The second-order valence-corrected chi connectivity index (χ2v) is 2.23. The molecule has 0 atom stereocenters. The van der Waals surface area contributed by atoms with Crippen molar-refractivity contribution in [2.45, 2.75) is 25.4 Å². The van der Waals surface area contributed by atoms with Crippen LogP contribution < -0.4 is 113 Å². The smallest absolute Gasteiger partial charge is 0.871 e. The molecule has 0 aromatic carbocycles. The molecular weight excluding hydrogens is 254 g/mol. The quantitative estimate of drug-likeness (QED) is 0.366. The van der Waals surface area contributed by atoms with Gasteiger partial charge in [0.2, 0.25) is 0 Å². The van der Waals surface area contributed by atoms with Gasteiger partial charge in [-0.05, 0) is 12.8 Å². The number of hydrogen-bond acceptors (Lipinski definition) is 3. The van der Waals surface area contributed by atoms with E-state index in [0.717, 1.165) is 0 Å². The van der Waals surface area contributed by atoms with E-state index in [2.05, 4.69) is 4.65 Å². The summed E-state index contributed by atoms with van der Waals surface area (Å²) in [6.45, 7) is -0.201. The predicted molar refractivity (Wildman–Crippen MR) is 31.6 cm³/mol. The number of hydrogen-bond donors (Lipinski definition) is 0. The van der Waals surface area contributed by atoms with Gasteiger partial charge in [0.05, 0.1) is 7.32 Å². The molecule has 0 fully saturated rings. The van der Waals surface area contributed by atoms with Crippen molar-refractivity contribution in [1.29, 1.82) is 0 Å². The average Bonchev–Trinajstić information content (AvgIpc) is 1.83. The summed E-state index contributed by atoms with van der Waals surface area (Å²) in [6, 6.07) is 0. The Morgan fingerprint density at radius 3 is 1.93 bits per heavy atom. The number of unbranched alkanes of at least 4 members (excludes halogenated alkanes) is 1. The molecule has 0 saturated heterocycles. The first-order valence-corrected chi connectivity index (χ1v) is 3.42. The fourth-order valence-electron chi connectivity index (χ4n) is 0.607. The Bertz CT molecular complexity index is 125. The molecule has 0 bridgehead atoms. The minimum atomic E-state index is -4.17. The molecule has 0 aliphatic rings. The summed E-state index contributed by atoms with van der Waals surface area (Å²) in [5.41, 5.74) is 0. The third kappa shape index (κ3) is 20.4. The first-order valence-electron chi connectivity index (χ1n) is 3.42. The summed E-state index contributed by atoms with van der Waals surface area (Å²) >= 11 is 0. The van der Waals surface area contributed by atoms with Gasteiger partial charge in [-0.3, -0.25) is 0 Å². The first kappa shape index (κ1) is 22.2. The Balaban J connectivity index is -0.000000605. The van der Waals surface area contributed by atoms with Crippen molar-refractivity contribution in [3.63, 3.8) is 0 Å². The average molecular weight is 262 g/mol. The zero-order valence-electron chi connectivity index (χ0n) is 8.26. The van der Waals surface area contributed by atoms with Gasteiger partial charge in [0.1, 0.15) is 0 Å². The van der Waals surface area contributed by atoms with Gasteiger partial charge in [0.15, 0.2) is 0 Å². The molecule has 0 heterocycles. The van der Waals surface area contributed by atoms with Crippen molar-refractivity contribution in [1.82, 2.24) is 0 Å². The molecule has 0 rings (SSSR count). The molecule has 0 N–H and O–H groups in total. The molecule has 0 amide bonds. The Morgan fingerprint density at radius 2 is 1.57 bits per heavy atom. The van der Waals surface area contributed by atoms with Crippen LogP contribution in [-0.4, -0.2) is 20.1 Å². The normalized spacial score (nSPS) is 10.1. The maximum atomic E-state index is 11.5. The van der Waals surface area contributed by atoms with Crippen molar-refractivity contribution in [3.05, 3.63) is 0 Å². The Hall–Kier alpha value is 3.01. The SMILES string of the molecule is [K+].[K+].[O-]B([O-])OCCCCC(F)(F)F. The third-order valence-electron chi connectivity index (χ3n) is 1.11. The van der Waals surface area contributed by atoms with Gasteiger partial charge in [-0.1, -0.05) is 0 Å². The molecule has 0 aromatic rings. The van der Waals surface area contributed by atoms with Gasteiger partial charge in [-0.15, -0.1) is 0 Å². The summed E-state index contributed by atoms with van der Waals surface area (Å²) in [7, 11) is -2.39. The summed E-state index contributed by atoms with van der Waals surface area (Å²) in [6.07, 6.45) is -5.11. The Morgan fingerprint density at radius 1 is 1.07 bits per heavy atom. The van der Waals surface area contributed by atoms with Crippen molar-refractivity contribution < 1.29 is 131 Å². The topological polar surface area (TPSA) is 55.3 Å². The van der Waals surface area contributed by atoms with Crippen LogP contribution in [0.5, 0.6) is 0 Å². The van der Waals surface area contributed by atoms with Crippen LogP contribution in [0.2, 0.25) is 0 Å². The Kier molecular flexibility index (Phi) is 19.8. The molecule has 72 valence electrons. The molecule has 0 aliphatic heterocycles. The van der Waals surface area contributed by atoms with Crippen LogP contribution in [0.25, 0.3) is 0 Å². The van der Waals surface area contributed by atoms with Crippen LogP contribution in [0.1, 0.15) is 19.3 Å². The van der Waals surface area contributed by atoms with Crippen molar-refractivity contribution >= 4 is 7.32 Å². The van der Waals surface area contributed by atoms with Gasteiger partial charge in [0.25, 0.3) is 0 Å². The molecule has 0 unspecified atom stereocenters. The number of halogens is 3. The van der Waals surface area contributed by atoms with Gasteiger partial charge in [-0.25, -0.2) is 0 Å². The van der Waals surface area contributed by atoms with E-state index in [4.69, 9.17) is 0 Å². The second-order valence-electron chi connectivity index (χ2n) is 2.23. The molecule has 9 heteroatoms. The van der Waals surface area contributed by atoms with Gasteiger partial charge < -0.3 is 14.7 Å². The van der Waals surface area contributed by atoms with Crippen LogP contribution >= 0.6 is 0 Å². The largest absolute Gasteiger partial charge is 1.00 e. The van der Waals surface area contributed by atoms with Gasteiger partial charge >= 0.3 is 109 Å². The minimum Gasteiger partial charge on any atom is -0.871 e. The fraction of sp³-hybridized carbons (Fsp3) is 1.00. The van der Waals surface area contributed by atoms with E-state index < -0.39 is 19.9 Å². The zero-order valence-corrected chi connectivity index (χ0v) is 14.5. The monoisotopic (exact) mass is 262 g/mol.